The van der Waals surface area contributed by atoms with Crippen LogP contribution in [0.15, 0.2) is 23.1 Å². The van der Waals surface area contributed by atoms with Gasteiger partial charge in [0, 0.05) is 17.0 Å². The summed E-state index contributed by atoms with van der Waals surface area (Å²) in [6.07, 6.45) is 2.33. The van der Waals surface area contributed by atoms with Gasteiger partial charge in [0.1, 0.15) is 0 Å². The average molecular weight is 243 g/mol. The first-order valence-corrected chi connectivity index (χ1v) is 6.26. The number of rotatable bonds is 2. The van der Waals surface area contributed by atoms with Gasteiger partial charge in [-0.2, -0.15) is 0 Å². The first-order chi connectivity index (χ1) is 7.58. The minimum absolute atomic E-state index is 0.494. The van der Waals surface area contributed by atoms with Gasteiger partial charge in [-0.05, 0) is 56.8 Å². The topological polar surface area (TPSA) is 3.24 Å². The third-order valence-corrected chi connectivity index (χ3v) is 4.37. The monoisotopic (exact) mass is 243 g/mol. The van der Waals surface area contributed by atoms with Crippen LogP contribution in [0.5, 0.6) is 0 Å². The number of hydrogen-bond donors (Lipinski definition) is 0. The van der Waals surface area contributed by atoms with E-state index in [0.29, 0.717) is 12.1 Å². The van der Waals surface area contributed by atoms with Gasteiger partial charge in [0.2, 0.25) is 0 Å². The maximum absolute atomic E-state index is 13.0. The normalized spacial score (nSPS) is 26.2. The lowest BCUT2D eigenvalue weighted by atomic mass is 10.2. The molecule has 1 aromatic carbocycles. The van der Waals surface area contributed by atoms with E-state index in [1.54, 1.807) is 6.07 Å². The van der Waals surface area contributed by atoms with Crippen LogP contribution >= 0.6 is 11.9 Å². The molecule has 1 aromatic rings. The Morgan fingerprint density at radius 3 is 2.31 bits per heavy atom. The summed E-state index contributed by atoms with van der Waals surface area (Å²) in [7, 11) is 0. The van der Waals surface area contributed by atoms with E-state index in [4.69, 9.17) is 0 Å². The van der Waals surface area contributed by atoms with Gasteiger partial charge in [-0.3, -0.25) is 0 Å². The standard InChI is InChI=1S/C12H15F2NS/c1-8-3-4-9(2)15(8)16-10-5-6-11(13)12(14)7-10/h5-9H,3-4H2,1-2H3. The molecule has 0 bridgehead atoms. The summed E-state index contributed by atoms with van der Waals surface area (Å²) in [5, 5.41) is 0. The molecule has 2 atom stereocenters. The predicted octanol–water partition coefficient (Wildman–Crippen LogP) is 3.84. The van der Waals surface area contributed by atoms with Crippen molar-refractivity contribution in [2.24, 2.45) is 0 Å². The molecule has 0 aromatic heterocycles. The quantitative estimate of drug-likeness (QED) is 0.726. The molecule has 1 aliphatic rings. The second kappa shape index (κ2) is 4.72. The van der Waals surface area contributed by atoms with E-state index in [0.717, 1.165) is 17.7 Å². The second-order valence-corrected chi connectivity index (χ2v) is 5.38. The maximum Gasteiger partial charge on any atom is 0.159 e. The molecule has 0 spiro atoms. The Balaban J connectivity index is 2.11. The number of halogens is 2. The van der Waals surface area contributed by atoms with Gasteiger partial charge in [-0.25, -0.2) is 13.1 Å². The van der Waals surface area contributed by atoms with E-state index in [1.165, 1.54) is 24.1 Å². The molecule has 4 heteroatoms. The molecule has 0 saturated carbocycles. The molecule has 88 valence electrons. The molecule has 1 aliphatic heterocycles. The van der Waals surface area contributed by atoms with Gasteiger partial charge in [0.05, 0.1) is 0 Å². The predicted molar refractivity (Wildman–Crippen MR) is 62.2 cm³/mol. The molecule has 1 fully saturated rings. The van der Waals surface area contributed by atoms with Crippen LogP contribution in [0.4, 0.5) is 8.78 Å². The highest BCUT2D eigenvalue weighted by Crippen LogP contribution is 2.35. The summed E-state index contributed by atoms with van der Waals surface area (Å²) in [4.78, 5) is 0.763. The fourth-order valence-electron chi connectivity index (χ4n) is 2.01. The van der Waals surface area contributed by atoms with Crippen LogP contribution in [0.2, 0.25) is 0 Å². The van der Waals surface area contributed by atoms with Gasteiger partial charge >= 0.3 is 0 Å². The van der Waals surface area contributed by atoms with Gasteiger partial charge in [-0.1, -0.05) is 0 Å². The highest BCUT2D eigenvalue weighted by molar-refractivity contribution is 7.97. The summed E-state index contributed by atoms with van der Waals surface area (Å²) < 4.78 is 28.1. The minimum Gasteiger partial charge on any atom is -0.241 e. The van der Waals surface area contributed by atoms with Crippen molar-refractivity contribution in [3.05, 3.63) is 29.8 Å². The second-order valence-electron chi connectivity index (χ2n) is 4.30. The van der Waals surface area contributed by atoms with E-state index < -0.39 is 11.6 Å². The lowest BCUT2D eigenvalue weighted by Gasteiger charge is -2.24. The van der Waals surface area contributed by atoms with Crippen LogP contribution in [-0.2, 0) is 0 Å². The van der Waals surface area contributed by atoms with E-state index in [1.807, 2.05) is 0 Å². The lowest BCUT2D eigenvalue weighted by Crippen LogP contribution is -2.25. The molecular weight excluding hydrogens is 228 g/mol. The Morgan fingerprint density at radius 1 is 1.12 bits per heavy atom. The fraction of sp³-hybridized carbons (Fsp3) is 0.500. The van der Waals surface area contributed by atoms with E-state index >= 15 is 0 Å². The zero-order valence-electron chi connectivity index (χ0n) is 9.41. The number of hydrogen-bond acceptors (Lipinski definition) is 2. The molecule has 0 aliphatic carbocycles. The van der Waals surface area contributed by atoms with Crippen LogP contribution in [0.3, 0.4) is 0 Å². The van der Waals surface area contributed by atoms with E-state index in [-0.39, 0.29) is 0 Å². The molecule has 0 amide bonds. The van der Waals surface area contributed by atoms with Crippen molar-refractivity contribution in [2.75, 3.05) is 0 Å². The lowest BCUT2D eigenvalue weighted by molar-refractivity contribution is 0.393. The molecule has 0 radical (unpaired) electrons. The molecule has 2 rings (SSSR count). The first kappa shape index (κ1) is 11.9. The Labute approximate surface area is 99.0 Å². The van der Waals surface area contributed by atoms with Crippen LogP contribution in [0.25, 0.3) is 0 Å². The molecule has 1 nitrogen and oxygen atoms in total. The molecule has 16 heavy (non-hydrogen) atoms. The summed E-state index contributed by atoms with van der Waals surface area (Å²) in [6.45, 7) is 4.33. The summed E-state index contributed by atoms with van der Waals surface area (Å²) in [6, 6.07) is 5.06. The van der Waals surface area contributed by atoms with Gasteiger partial charge in [0.25, 0.3) is 0 Å². The highest BCUT2D eigenvalue weighted by Gasteiger charge is 2.28. The van der Waals surface area contributed by atoms with Gasteiger partial charge in [0.15, 0.2) is 11.6 Å². The van der Waals surface area contributed by atoms with E-state index in [2.05, 4.69) is 18.2 Å². The summed E-state index contributed by atoms with van der Waals surface area (Å²) >= 11 is 1.52. The van der Waals surface area contributed by atoms with Crippen molar-refractivity contribution in [2.45, 2.75) is 43.7 Å². The smallest absolute Gasteiger partial charge is 0.159 e. The van der Waals surface area contributed by atoms with Crippen molar-refractivity contribution in [1.29, 1.82) is 0 Å². The highest BCUT2D eigenvalue weighted by atomic mass is 32.2. The Hall–Kier alpha value is -0.610. The third-order valence-electron chi connectivity index (χ3n) is 2.97. The van der Waals surface area contributed by atoms with E-state index in [9.17, 15) is 8.78 Å². The summed E-state index contributed by atoms with van der Waals surface area (Å²) in [5.74, 6) is -1.56. The molecule has 1 saturated heterocycles. The maximum atomic E-state index is 13.0. The largest absolute Gasteiger partial charge is 0.241 e. The Kier molecular flexibility index (Phi) is 3.50. The molecule has 0 N–H and O–H groups in total. The number of nitrogens with zero attached hydrogens (tertiary/aromatic N) is 1. The Bertz CT molecular complexity index is 373. The van der Waals surface area contributed by atoms with Crippen molar-refractivity contribution >= 4 is 11.9 Å². The minimum atomic E-state index is -0.785. The average Bonchev–Trinajstić information content (AvgIpc) is 2.55. The van der Waals surface area contributed by atoms with Crippen LogP contribution in [-0.4, -0.2) is 16.4 Å². The zero-order valence-corrected chi connectivity index (χ0v) is 10.2. The van der Waals surface area contributed by atoms with Gasteiger partial charge < -0.3 is 0 Å². The van der Waals surface area contributed by atoms with Crippen LogP contribution < -0.4 is 0 Å². The van der Waals surface area contributed by atoms with Crippen molar-refractivity contribution in [3.8, 4) is 0 Å². The third kappa shape index (κ3) is 2.38. The summed E-state index contributed by atoms with van der Waals surface area (Å²) in [5.41, 5.74) is 0. The van der Waals surface area contributed by atoms with Crippen LogP contribution in [0.1, 0.15) is 26.7 Å². The SMILES string of the molecule is CC1CCC(C)N1Sc1ccc(F)c(F)c1. The van der Waals surface area contributed by atoms with Gasteiger partial charge in [-0.15, -0.1) is 0 Å². The van der Waals surface area contributed by atoms with Crippen molar-refractivity contribution in [1.82, 2.24) is 4.31 Å². The molecular formula is C12H15F2NS. The van der Waals surface area contributed by atoms with Crippen LogP contribution in [0, 0.1) is 11.6 Å². The molecule has 2 unspecified atom stereocenters. The first-order valence-electron chi connectivity index (χ1n) is 5.49. The number of benzene rings is 1. The fourth-order valence-corrected chi connectivity index (χ4v) is 3.11. The Morgan fingerprint density at radius 2 is 1.75 bits per heavy atom. The zero-order chi connectivity index (χ0) is 11.7. The van der Waals surface area contributed by atoms with Crippen molar-refractivity contribution < 1.29 is 8.78 Å². The van der Waals surface area contributed by atoms with Crippen molar-refractivity contribution in [3.63, 3.8) is 0 Å². The molecule has 1 heterocycles.